The summed E-state index contributed by atoms with van der Waals surface area (Å²) in [4.78, 5) is 7.24. The number of rotatable bonds is 5. The van der Waals surface area contributed by atoms with E-state index in [4.69, 9.17) is 0 Å². The van der Waals surface area contributed by atoms with Gasteiger partial charge in [-0.1, -0.05) is 66.7 Å². The summed E-state index contributed by atoms with van der Waals surface area (Å²) in [6, 6.07) is 28.0. The van der Waals surface area contributed by atoms with E-state index < -0.39 is 0 Å². The monoisotopic (exact) mass is 413 g/mol. The maximum absolute atomic E-state index is 10.9. The molecule has 2 heterocycles. The zero-order valence-corrected chi connectivity index (χ0v) is 18.0. The summed E-state index contributed by atoms with van der Waals surface area (Å²) in [5, 5.41) is 10.9. The molecule has 1 unspecified atom stereocenters. The lowest BCUT2D eigenvalue weighted by Gasteiger charge is -2.37. The standard InChI is InChI=1S/C27H31N3O/c31-25(20-28-14-16-30(17-15-28)24-10-2-1-3-11-24)21-29-18-22-8-4-6-12-26(22)27-13-7-5-9-23(27)19-29/h1-13,25,31H,14-21H2. The highest BCUT2D eigenvalue weighted by molar-refractivity contribution is 5.71. The van der Waals surface area contributed by atoms with E-state index in [-0.39, 0.29) is 6.10 Å². The van der Waals surface area contributed by atoms with Gasteiger partial charge in [-0.2, -0.15) is 0 Å². The van der Waals surface area contributed by atoms with Crippen LogP contribution in [0.5, 0.6) is 0 Å². The van der Waals surface area contributed by atoms with Gasteiger partial charge in [0.15, 0.2) is 0 Å². The topological polar surface area (TPSA) is 30.0 Å². The van der Waals surface area contributed by atoms with E-state index in [1.54, 1.807) is 0 Å². The van der Waals surface area contributed by atoms with Gasteiger partial charge in [-0.15, -0.1) is 0 Å². The van der Waals surface area contributed by atoms with Crippen molar-refractivity contribution in [1.82, 2.24) is 9.80 Å². The van der Waals surface area contributed by atoms with Crippen LogP contribution in [0.1, 0.15) is 11.1 Å². The molecule has 4 nitrogen and oxygen atoms in total. The molecule has 3 aromatic rings. The lowest BCUT2D eigenvalue weighted by atomic mass is 9.97. The summed E-state index contributed by atoms with van der Waals surface area (Å²) >= 11 is 0. The third-order valence-corrected chi connectivity index (χ3v) is 6.54. The number of fused-ring (bicyclic) bond motifs is 3. The molecule has 0 spiro atoms. The lowest BCUT2D eigenvalue weighted by Crippen LogP contribution is -2.50. The summed E-state index contributed by atoms with van der Waals surface area (Å²) in [6.07, 6.45) is -0.347. The Hall–Kier alpha value is -2.66. The van der Waals surface area contributed by atoms with Gasteiger partial charge in [0.1, 0.15) is 0 Å². The van der Waals surface area contributed by atoms with Gasteiger partial charge in [0.2, 0.25) is 0 Å². The van der Waals surface area contributed by atoms with Gasteiger partial charge in [0.25, 0.3) is 0 Å². The van der Waals surface area contributed by atoms with E-state index in [1.807, 2.05) is 0 Å². The van der Waals surface area contributed by atoms with E-state index in [0.717, 1.165) is 45.8 Å². The minimum atomic E-state index is -0.347. The first-order chi connectivity index (χ1) is 15.3. The summed E-state index contributed by atoms with van der Waals surface area (Å²) in [5.74, 6) is 0. The van der Waals surface area contributed by atoms with Crippen molar-refractivity contribution in [2.45, 2.75) is 19.2 Å². The molecule has 31 heavy (non-hydrogen) atoms. The molecule has 0 radical (unpaired) electrons. The van der Waals surface area contributed by atoms with Crippen molar-refractivity contribution in [2.24, 2.45) is 0 Å². The number of hydrogen-bond donors (Lipinski definition) is 1. The highest BCUT2D eigenvalue weighted by atomic mass is 16.3. The molecule has 0 amide bonds. The Morgan fingerprint density at radius 3 is 1.74 bits per heavy atom. The van der Waals surface area contributed by atoms with Crippen LogP contribution >= 0.6 is 0 Å². The lowest BCUT2D eigenvalue weighted by molar-refractivity contribution is 0.0668. The van der Waals surface area contributed by atoms with E-state index in [9.17, 15) is 5.11 Å². The van der Waals surface area contributed by atoms with Crippen LogP contribution in [-0.2, 0) is 13.1 Å². The van der Waals surface area contributed by atoms with E-state index >= 15 is 0 Å². The number of benzene rings is 3. The molecule has 1 N–H and O–H groups in total. The number of anilines is 1. The molecule has 5 rings (SSSR count). The number of piperazine rings is 1. The predicted molar refractivity (Wildman–Crippen MR) is 127 cm³/mol. The summed E-state index contributed by atoms with van der Waals surface area (Å²) < 4.78 is 0. The van der Waals surface area contributed by atoms with Gasteiger partial charge >= 0.3 is 0 Å². The average molecular weight is 414 g/mol. The van der Waals surface area contributed by atoms with Crippen molar-refractivity contribution in [2.75, 3.05) is 44.2 Å². The third kappa shape index (κ3) is 4.67. The zero-order valence-electron chi connectivity index (χ0n) is 18.0. The number of hydrogen-bond acceptors (Lipinski definition) is 4. The Labute approximate surface area is 185 Å². The van der Waals surface area contributed by atoms with Crippen LogP contribution in [0.3, 0.4) is 0 Å². The van der Waals surface area contributed by atoms with Crippen LogP contribution in [0, 0.1) is 0 Å². The van der Waals surface area contributed by atoms with Gasteiger partial charge in [0.05, 0.1) is 6.10 Å². The van der Waals surface area contributed by atoms with Crippen molar-refractivity contribution in [3.63, 3.8) is 0 Å². The maximum atomic E-state index is 10.9. The zero-order chi connectivity index (χ0) is 21.0. The molecule has 0 aliphatic carbocycles. The van der Waals surface area contributed by atoms with Crippen LogP contribution in [0.4, 0.5) is 5.69 Å². The number of aliphatic hydroxyl groups is 1. The number of nitrogens with zero attached hydrogens (tertiary/aromatic N) is 3. The fourth-order valence-electron chi connectivity index (χ4n) is 4.99. The van der Waals surface area contributed by atoms with Gasteiger partial charge in [-0.05, 0) is 34.4 Å². The molecule has 2 aliphatic heterocycles. The Bertz CT molecular complexity index is 951. The number of aliphatic hydroxyl groups excluding tert-OH is 1. The Kier molecular flexibility index (Phi) is 6.03. The minimum Gasteiger partial charge on any atom is -0.390 e. The molecule has 3 aromatic carbocycles. The Morgan fingerprint density at radius 2 is 1.13 bits per heavy atom. The highest BCUT2D eigenvalue weighted by Crippen LogP contribution is 2.32. The first-order valence-electron chi connectivity index (χ1n) is 11.4. The van der Waals surface area contributed by atoms with Crippen molar-refractivity contribution >= 4 is 5.69 Å². The van der Waals surface area contributed by atoms with Crippen molar-refractivity contribution in [3.8, 4) is 11.1 Å². The summed E-state index contributed by atoms with van der Waals surface area (Å²) in [6.45, 7) is 7.22. The van der Waals surface area contributed by atoms with E-state index in [1.165, 1.54) is 27.9 Å². The third-order valence-electron chi connectivity index (χ3n) is 6.54. The quantitative estimate of drug-likeness (QED) is 0.688. The van der Waals surface area contributed by atoms with Crippen molar-refractivity contribution < 1.29 is 5.11 Å². The largest absolute Gasteiger partial charge is 0.390 e. The molecular formula is C27H31N3O. The average Bonchev–Trinajstić information content (AvgIpc) is 2.96. The molecule has 2 aliphatic rings. The fourth-order valence-corrected chi connectivity index (χ4v) is 4.99. The summed E-state index contributed by atoms with van der Waals surface area (Å²) in [7, 11) is 0. The van der Waals surface area contributed by atoms with Gasteiger partial charge < -0.3 is 10.0 Å². The molecular weight excluding hydrogens is 382 g/mol. The molecule has 4 heteroatoms. The molecule has 160 valence electrons. The van der Waals surface area contributed by atoms with Gasteiger partial charge in [-0.25, -0.2) is 0 Å². The molecule has 0 aromatic heterocycles. The van der Waals surface area contributed by atoms with Gasteiger partial charge in [-0.3, -0.25) is 9.80 Å². The number of β-amino-alcohol motifs (C(OH)–C–C–N with tert-alkyl or cyclic N) is 1. The molecule has 1 saturated heterocycles. The molecule has 0 saturated carbocycles. The molecule has 0 bridgehead atoms. The fraction of sp³-hybridized carbons (Fsp3) is 0.333. The maximum Gasteiger partial charge on any atom is 0.0794 e. The van der Waals surface area contributed by atoms with Crippen LogP contribution in [0.2, 0.25) is 0 Å². The first-order valence-corrected chi connectivity index (χ1v) is 11.4. The van der Waals surface area contributed by atoms with Crippen LogP contribution in [-0.4, -0.2) is 60.3 Å². The molecule has 1 fully saturated rings. The van der Waals surface area contributed by atoms with E-state index in [2.05, 4.69) is 93.6 Å². The van der Waals surface area contributed by atoms with Crippen LogP contribution in [0.15, 0.2) is 78.9 Å². The summed E-state index contributed by atoms with van der Waals surface area (Å²) in [5.41, 5.74) is 6.64. The SMILES string of the molecule is OC(CN1CCN(c2ccccc2)CC1)CN1Cc2ccccc2-c2ccccc2C1. The van der Waals surface area contributed by atoms with Crippen molar-refractivity contribution in [3.05, 3.63) is 90.0 Å². The number of para-hydroxylation sites is 1. The second kappa shape index (κ2) is 9.23. The second-order valence-electron chi connectivity index (χ2n) is 8.76. The highest BCUT2D eigenvalue weighted by Gasteiger charge is 2.23. The Balaban J connectivity index is 1.20. The first kappa shape index (κ1) is 20.3. The second-order valence-corrected chi connectivity index (χ2v) is 8.76. The van der Waals surface area contributed by atoms with Gasteiger partial charge in [0, 0.05) is 58.0 Å². The predicted octanol–water partition coefficient (Wildman–Crippen LogP) is 3.85. The van der Waals surface area contributed by atoms with Crippen LogP contribution < -0.4 is 4.90 Å². The van der Waals surface area contributed by atoms with Crippen molar-refractivity contribution in [1.29, 1.82) is 0 Å². The minimum absolute atomic E-state index is 0.347. The Morgan fingerprint density at radius 1 is 0.613 bits per heavy atom. The van der Waals surface area contributed by atoms with E-state index in [0.29, 0.717) is 6.54 Å². The van der Waals surface area contributed by atoms with Crippen LogP contribution in [0.25, 0.3) is 11.1 Å². The smallest absolute Gasteiger partial charge is 0.0794 e. The molecule has 1 atom stereocenters. The normalized spacial score (nSPS) is 18.2.